The molecule has 0 N–H and O–H groups in total. The summed E-state index contributed by atoms with van der Waals surface area (Å²) in [5, 5.41) is 23.8. The minimum Gasteiger partial charge on any atom is -0.567 e. The van der Waals surface area contributed by atoms with E-state index in [0.717, 1.165) is 38.5 Å². The number of alkyl halides is 2. The Morgan fingerprint density at radius 2 is 0.605 bits per heavy atom. The Bertz CT molecular complexity index is 476. The van der Waals surface area contributed by atoms with Gasteiger partial charge in [-0.25, -0.2) is 0 Å². The summed E-state index contributed by atoms with van der Waals surface area (Å²) in [6.45, 7) is 4.62. The van der Waals surface area contributed by atoms with Crippen molar-refractivity contribution >= 4 is 23.2 Å². The van der Waals surface area contributed by atoms with Gasteiger partial charge in [-0.2, -0.15) is 0 Å². The van der Waals surface area contributed by atoms with Crippen molar-refractivity contribution in [3.8, 4) is 0 Å². The Balaban J connectivity index is 3.64. The lowest BCUT2D eigenvalue weighted by atomic mass is 10.0. The number of halogens is 2. The van der Waals surface area contributed by atoms with Gasteiger partial charge in [-0.05, 0) is 12.8 Å². The van der Waals surface area contributed by atoms with Crippen LogP contribution >= 0.6 is 23.2 Å². The molecule has 0 fully saturated rings. The van der Waals surface area contributed by atoms with E-state index in [0.29, 0.717) is 9.72 Å². The van der Waals surface area contributed by atoms with Crippen LogP contribution in [0.4, 0.5) is 0 Å². The summed E-state index contributed by atoms with van der Waals surface area (Å²) >= 11 is 12.7. The first-order valence-corrected chi connectivity index (χ1v) is 17.6. The van der Waals surface area contributed by atoms with Crippen LogP contribution in [0.3, 0.4) is 0 Å². The number of rotatable bonds is 30. The molecule has 38 heavy (non-hydrogen) atoms. The molecule has 4 nitrogen and oxygen atoms in total. The molecule has 0 heterocycles. The van der Waals surface area contributed by atoms with E-state index in [9.17, 15) is 10.4 Å². The topological polar surface area (TPSA) is 52.1 Å². The van der Waals surface area contributed by atoms with E-state index in [4.69, 9.17) is 23.2 Å². The lowest BCUT2D eigenvalue weighted by Gasteiger charge is -2.11. The molecule has 6 heteroatoms. The van der Waals surface area contributed by atoms with E-state index in [1.165, 1.54) is 128 Å². The maximum Gasteiger partial charge on any atom is 0.236 e. The number of unbranched alkanes of at least 4 members (excludes halogenated alkanes) is 22. The van der Waals surface area contributed by atoms with Crippen molar-refractivity contribution in [3.63, 3.8) is 0 Å². The zero-order valence-electron chi connectivity index (χ0n) is 25.4. The Hall–Kier alpha value is -0.220. The summed E-state index contributed by atoms with van der Waals surface area (Å²) < 4.78 is 0. The van der Waals surface area contributed by atoms with Gasteiger partial charge in [0.15, 0.2) is 0 Å². The molecule has 0 spiro atoms. The molecule has 0 saturated carbocycles. The molecule has 0 aromatic carbocycles. The third kappa shape index (κ3) is 27.4. The zero-order valence-corrected chi connectivity index (χ0v) is 26.9. The fourth-order valence-electron chi connectivity index (χ4n) is 5.12. The van der Waals surface area contributed by atoms with E-state index in [1.807, 2.05) is 0 Å². The van der Waals surface area contributed by atoms with E-state index >= 15 is 0 Å². The van der Waals surface area contributed by atoms with Gasteiger partial charge < -0.3 is 10.4 Å². The fraction of sp³-hybridized carbons (Fsp3) is 1.00. The summed E-state index contributed by atoms with van der Waals surface area (Å²) in [4.78, 5) is 0.936. The SMILES string of the molecule is CCCCCCCCCCCCCC[C@@H](Cl)C/[N+]([O-])=[N+](/[O-])C[C@H](Cl)CCCCCCCCCCCCCC. The van der Waals surface area contributed by atoms with Gasteiger partial charge in [0.1, 0.15) is 10.8 Å². The van der Waals surface area contributed by atoms with Gasteiger partial charge in [-0.1, -0.05) is 168 Å². The van der Waals surface area contributed by atoms with Crippen LogP contribution in [0.15, 0.2) is 0 Å². The van der Waals surface area contributed by atoms with E-state index in [1.54, 1.807) is 0 Å². The normalized spacial score (nSPS) is 14.0. The second-order valence-corrected chi connectivity index (χ2v) is 12.9. The first-order chi connectivity index (χ1) is 18.5. The smallest absolute Gasteiger partial charge is 0.236 e. The molecule has 0 aliphatic heterocycles. The fourth-order valence-corrected chi connectivity index (χ4v) is 5.66. The number of hydroxylamine groups is 2. The molecule has 228 valence electrons. The number of azo groups is 1. The minimum atomic E-state index is -0.280. The summed E-state index contributed by atoms with van der Waals surface area (Å²) in [5.74, 6) is 0. The van der Waals surface area contributed by atoms with E-state index < -0.39 is 0 Å². The lowest BCUT2D eigenvalue weighted by Crippen LogP contribution is -2.28. The van der Waals surface area contributed by atoms with Crippen LogP contribution in [0.2, 0.25) is 0 Å². The molecule has 0 unspecified atom stereocenters. The van der Waals surface area contributed by atoms with Gasteiger partial charge in [0.05, 0.1) is 0 Å². The van der Waals surface area contributed by atoms with Crippen LogP contribution in [-0.2, 0) is 0 Å². The Morgan fingerprint density at radius 3 is 0.842 bits per heavy atom. The molecule has 0 aromatic rings. The zero-order chi connectivity index (χ0) is 28.1. The van der Waals surface area contributed by atoms with Gasteiger partial charge in [-0.3, -0.25) is 0 Å². The molecule has 0 rings (SSSR count). The number of hydrogen-bond acceptors (Lipinski definition) is 2. The van der Waals surface area contributed by atoms with E-state index in [2.05, 4.69) is 13.8 Å². The van der Waals surface area contributed by atoms with Crippen LogP contribution < -0.4 is 0 Å². The highest BCUT2D eigenvalue weighted by atomic mass is 35.5. The molecule has 0 aromatic heterocycles. The molecule has 2 atom stereocenters. The number of hydrogen-bond donors (Lipinski definition) is 0. The quantitative estimate of drug-likeness (QED) is 0.0279. The summed E-state index contributed by atoms with van der Waals surface area (Å²) in [6.07, 6.45) is 32.9. The molecule has 0 aliphatic carbocycles. The monoisotopic (exact) mass is 578 g/mol. The van der Waals surface area contributed by atoms with Gasteiger partial charge in [0, 0.05) is 9.72 Å². The van der Waals surface area contributed by atoms with Crippen LogP contribution in [0.5, 0.6) is 0 Å². The van der Waals surface area contributed by atoms with Gasteiger partial charge in [0.2, 0.25) is 13.1 Å². The van der Waals surface area contributed by atoms with Crippen molar-refractivity contribution in [2.24, 2.45) is 0 Å². The van der Waals surface area contributed by atoms with Crippen LogP contribution in [-0.4, -0.2) is 33.6 Å². The van der Waals surface area contributed by atoms with Gasteiger partial charge >= 0.3 is 0 Å². The predicted molar refractivity (Wildman–Crippen MR) is 168 cm³/mol. The Labute approximate surface area is 247 Å². The van der Waals surface area contributed by atoms with Crippen molar-refractivity contribution in [1.29, 1.82) is 0 Å². The minimum absolute atomic E-state index is 0.0469. The third-order valence-electron chi connectivity index (χ3n) is 7.70. The van der Waals surface area contributed by atoms with Crippen molar-refractivity contribution in [2.45, 2.75) is 192 Å². The second kappa shape index (κ2) is 29.8. The van der Waals surface area contributed by atoms with Crippen molar-refractivity contribution < 1.29 is 9.72 Å². The summed E-state index contributed by atoms with van der Waals surface area (Å²) in [7, 11) is 0. The van der Waals surface area contributed by atoms with Crippen LogP contribution in [0.1, 0.15) is 181 Å². The maximum atomic E-state index is 12.2. The highest BCUT2D eigenvalue weighted by Gasteiger charge is 2.19. The summed E-state index contributed by atoms with van der Waals surface area (Å²) in [5.41, 5.74) is 0. The van der Waals surface area contributed by atoms with Crippen LogP contribution in [0.25, 0.3) is 0 Å². The maximum absolute atomic E-state index is 12.2. The molecule has 0 saturated heterocycles. The molecule has 0 aliphatic rings. The van der Waals surface area contributed by atoms with Crippen LogP contribution in [0, 0.1) is 10.4 Å². The standard InChI is InChI=1S/C32H64Cl2N2O2/c1-3-5-7-9-11-13-15-17-19-21-23-25-27-31(33)29-35(37)36(38)30-32(34)28-26-24-22-20-18-16-14-12-10-8-6-4-2/h31-32H,3-30H2,1-2H3/b36-35-/t31-,32-/m1/s1. The molecular formula is C32H64Cl2N2O2. The van der Waals surface area contributed by atoms with Crippen molar-refractivity contribution in [1.82, 2.24) is 0 Å². The Kier molecular flexibility index (Phi) is 29.6. The van der Waals surface area contributed by atoms with E-state index in [-0.39, 0.29) is 23.8 Å². The average molecular weight is 580 g/mol. The largest absolute Gasteiger partial charge is 0.567 e. The average Bonchev–Trinajstić information content (AvgIpc) is 2.89. The third-order valence-corrected chi connectivity index (χ3v) is 8.41. The van der Waals surface area contributed by atoms with Crippen molar-refractivity contribution in [2.75, 3.05) is 13.1 Å². The molecular weight excluding hydrogens is 515 g/mol. The van der Waals surface area contributed by atoms with Gasteiger partial charge in [-0.15, -0.1) is 23.2 Å². The molecule has 0 bridgehead atoms. The second-order valence-electron chi connectivity index (χ2n) is 11.6. The van der Waals surface area contributed by atoms with Crippen molar-refractivity contribution in [3.05, 3.63) is 10.4 Å². The highest BCUT2D eigenvalue weighted by molar-refractivity contribution is 6.20. The molecule has 0 radical (unpaired) electrons. The summed E-state index contributed by atoms with van der Waals surface area (Å²) in [6, 6.07) is 0. The lowest BCUT2D eigenvalue weighted by molar-refractivity contribution is -0.969. The predicted octanol–water partition coefficient (Wildman–Crippen LogP) is 11.9. The first-order valence-electron chi connectivity index (χ1n) is 16.7. The number of nitrogens with zero attached hydrogens (tertiary/aromatic N) is 2. The van der Waals surface area contributed by atoms with Gasteiger partial charge in [0.25, 0.3) is 0 Å². The molecule has 0 amide bonds. The first kappa shape index (κ1) is 37.8. The Morgan fingerprint density at radius 1 is 0.395 bits per heavy atom. The highest BCUT2D eigenvalue weighted by Crippen LogP contribution is 2.16.